The van der Waals surface area contributed by atoms with Crippen molar-refractivity contribution in [3.05, 3.63) is 59.1 Å². The van der Waals surface area contributed by atoms with E-state index in [1.165, 1.54) is 0 Å². The smallest absolute Gasteiger partial charge is 0.258 e. The van der Waals surface area contributed by atoms with Crippen molar-refractivity contribution in [2.45, 2.75) is 20.4 Å². The van der Waals surface area contributed by atoms with E-state index in [9.17, 15) is 4.79 Å². The van der Waals surface area contributed by atoms with Crippen LogP contribution in [0.3, 0.4) is 0 Å². The molecule has 0 atom stereocenters. The molecule has 3 heterocycles. The van der Waals surface area contributed by atoms with Crippen molar-refractivity contribution in [2.75, 3.05) is 0 Å². The molecule has 6 heteroatoms. The fraction of sp³-hybridized carbons (Fsp3) is 0.167. The molecule has 1 aromatic carbocycles. The Kier molecular flexibility index (Phi) is 3.30. The number of benzene rings is 1. The lowest BCUT2D eigenvalue weighted by Gasteiger charge is -2.05. The maximum atomic E-state index is 12.6. The number of amides is 1. The van der Waals surface area contributed by atoms with Gasteiger partial charge in [-0.05, 0) is 32.0 Å². The van der Waals surface area contributed by atoms with E-state index in [1.54, 1.807) is 13.0 Å². The number of fused-ring (bicyclic) bond motifs is 2. The zero-order valence-corrected chi connectivity index (χ0v) is 13.3. The molecule has 0 saturated heterocycles. The Balaban J connectivity index is 1.61. The van der Waals surface area contributed by atoms with Gasteiger partial charge < -0.3 is 14.3 Å². The van der Waals surface area contributed by atoms with Gasteiger partial charge in [0.05, 0.1) is 23.2 Å². The normalized spacial score (nSPS) is 11.2. The monoisotopic (exact) mass is 321 g/mol. The summed E-state index contributed by atoms with van der Waals surface area (Å²) >= 11 is 0. The summed E-state index contributed by atoms with van der Waals surface area (Å²) in [5.74, 6) is 0.492. The summed E-state index contributed by atoms with van der Waals surface area (Å²) in [6.45, 7) is 3.91. The highest BCUT2D eigenvalue weighted by molar-refractivity contribution is 6.06. The maximum Gasteiger partial charge on any atom is 0.258 e. The Bertz CT molecular complexity index is 1030. The molecule has 0 spiro atoms. The summed E-state index contributed by atoms with van der Waals surface area (Å²) < 4.78 is 10.9. The number of carbonyl (C=O) groups excluding carboxylic acids is 1. The second-order valence-corrected chi connectivity index (χ2v) is 5.69. The number of hydrogen-bond acceptors (Lipinski definition) is 5. The number of nitrogens with zero attached hydrogens (tertiary/aromatic N) is 2. The Morgan fingerprint density at radius 2 is 2.04 bits per heavy atom. The second kappa shape index (κ2) is 5.49. The lowest BCUT2D eigenvalue weighted by molar-refractivity contribution is 0.0949. The number of furan rings is 1. The molecule has 6 nitrogen and oxygen atoms in total. The zero-order chi connectivity index (χ0) is 16.7. The summed E-state index contributed by atoms with van der Waals surface area (Å²) in [4.78, 5) is 16.9. The van der Waals surface area contributed by atoms with E-state index in [4.69, 9.17) is 8.94 Å². The molecule has 1 amide bonds. The van der Waals surface area contributed by atoms with Crippen LogP contribution in [0.5, 0.6) is 0 Å². The highest BCUT2D eigenvalue weighted by Crippen LogP contribution is 2.22. The van der Waals surface area contributed by atoms with Gasteiger partial charge in [0.2, 0.25) is 0 Å². The Hall–Kier alpha value is -3.15. The first-order valence-corrected chi connectivity index (χ1v) is 7.61. The van der Waals surface area contributed by atoms with Crippen molar-refractivity contribution in [2.24, 2.45) is 0 Å². The van der Waals surface area contributed by atoms with E-state index >= 15 is 0 Å². The topological polar surface area (TPSA) is 81.2 Å². The number of carbonyl (C=O) groups is 1. The average molecular weight is 321 g/mol. The number of nitrogens with one attached hydrogen (secondary N) is 1. The third-order valence-electron chi connectivity index (χ3n) is 3.89. The van der Waals surface area contributed by atoms with Crippen LogP contribution in [0, 0.1) is 13.8 Å². The van der Waals surface area contributed by atoms with Crippen molar-refractivity contribution in [1.82, 2.24) is 15.5 Å². The van der Waals surface area contributed by atoms with Crippen LogP contribution in [-0.4, -0.2) is 16.0 Å². The number of pyridine rings is 1. The first-order valence-electron chi connectivity index (χ1n) is 7.61. The molecule has 1 N–H and O–H groups in total. The lowest BCUT2D eigenvalue weighted by atomic mass is 10.1. The molecule has 4 rings (SSSR count). The van der Waals surface area contributed by atoms with Crippen LogP contribution in [0.15, 0.2) is 45.3 Å². The van der Waals surface area contributed by atoms with E-state index in [-0.39, 0.29) is 5.91 Å². The Morgan fingerprint density at radius 3 is 2.88 bits per heavy atom. The van der Waals surface area contributed by atoms with Crippen LogP contribution in [0.1, 0.15) is 27.5 Å². The van der Waals surface area contributed by atoms with Gasteiger partial charge in [0.15, 0.2) is 0 Å². The second-order valence-electron chi connectivity index (χ2n) is 5.69. The molecular weight excluding hydrogens is 306 g/mol. The van der Waals surface area contributed by atoms with Crippen LogP contribution in [-0.2, 0) is 6.54 Å². The molecule has 4 aromatic rings. The van der Waals surface area contributed by atoms with Gasteiger partial charge in [0.1, 0.15) is 11.3 Å². The number of para-hydroxylation sites is 1. The van der Waals surface area contributed by atoms with E-state index in [1.807, 2.05) is 37.3 Å². The Labute approximate surface area is 137 Å². The number of aryl methyl sites for hydroxylation is 2. The minimum atomic E-state index is -0.211. The summed E-state index contributed by atoms with van der Waals surface area (Å²) in [6.07, 6.45) is 0. The van der Waals surface area contributed by atoms with Gasteiger partial charge in [0.25, 0.3) is 11.6 Å². The summed E-state index contributed by atoms with van der Waals surface area (Å²) in [7, 11) is 0. The first-order chi connectivity index (χ1) is 11.6. The summed E-state index contributed by atoms with van der Waals surface area (Å²) in [5.41, 5.74) is 3.03. The molecular formula is C18H15N3O3. The number of rotatable bonds is 3. The van der Waals surface area contributed by atoms with Crippen molar-refractivity contribution in [3.8, 4) is 0 Å². The van der Waals surface area contributed by atoms with Crippen LogP contribution in [0.25, 0.3) is 22.1 Å². The summed E-state index contributed by atoms with van der Waals surface area (Å²) in [6, 6.07) is 11.4. The van der Waals surface area contributed by atoms with Gasteiger partial charge in [-0.25, -0.2) is 4.98 Å². The van der Waals surface area contributed by atoms with E-state index < -0.39 is 0 Å². The van der Waals surface area contributed by atoms with E-state index in [0.29, 0.717) is 40.4 Å². The number of hydrogen-bond donors (Lipinski definition) is 1. The quantitative estimate of drug-likeness (QED) is 0.624. The number of aromatic nitrogens is 2. The standard InChI is InChI=1S/C18H15N3O3/c1-10-7-14(16-11(2)21-24-18(16)20-10)17(22)19-9-13-8-12-5-3-4-6-15(12)23-13/h3-8H,9H2,1-2H3,(H,19,22). The predicted octanol–water partition coefficient (Wildman–Crippen LogP) is 3.52. The maximum absolute atomic E-state index is 12.6. The molecule has 0 fully saturated rings. The molecule has 24 heavy (non-hydrogen) atoms. The van der Waals surface area contributed by atoms with Gasteiger partial charge in [0, 0.05) is 11.1 Å². The fourth-order valence-corrected chi connectivity index (χ4v) is 2.78. The Morgan fingerprint density at radius 1 is 1.21 bits per heavy atom. The molecule has 0 aliphatic rings. The van der Waals surface area contributed by atoms with Crippen LogP contribution >= 0.6 is 0 Å². The molecule has 0 saturated carbocycles. The van der Waals surface area contributed by atoms with Crippen molar-refractivity contribution >= 4 is 28.0 Å². The third-order valence-corrected chi connectivity index (χ3v) is 3.89. The van der Waals surface area contributed by atoms with Gasteiger partial charge in [-0.1, -0.05) is 23.4 Å². The minimum Gasteiger partial charge on any atom is -0.459 e. The van der Waals surface area contributed by atoms with Gasteiger partial charge >= 0.3 is 0 Å². The lowest BCUT2D eigenvalue weighted by Crippen LogP contribution is -2.23. The van der Waals surface area contributed by atoms with Gasteiger partial charge in [-0.3, -0.25) is 4.79 Å². The fourth-order valence-electron chi connectivity index (χ4n) is 2.78. The molecule has 0 bridgehead atoms. The van der Waals surface area contributed by atoms with E-state index in [2.05, 4.69) is 15.5 Å². The predicted molar refractivity (Wildman–Crippen MR) is 88.7 cm³/mol. The van der Waals surface area contributed by atoms with Gasteiger partial charge in [-0.15, -0.1) is 0 Å². The molecule has 0 radical (unpaired) electrons. The van der Waals surface area contributed by atoms with Crippen molar-refractivity contribution in [1.29, 1.82) is 0 Å². The third kappa shape index (κ3) is 2.42. The van der Waals surface area contributed by atoms with Gasteiger partial charge in [-0.2, -0.15) is 0 Å². The van der Waals surface area contributed by atoms with Crippen molar-refractivity contribution < 1.29 is 13.7 Å². The highest BCUT2D eigenvalue weighted by atomic mass is 16.5. The van der Waals surface area contributed by atoms with Crippen LogP contribution in [0.2, 0.25) is 0 Å². The SMILES string of the molecule is Cc1cc(C(=O)NCc2cc3ccccc3o2)c2c(C)noc2n1. The van der Waals surface area contributed by atoms with Crippen molar-refractivity contribution in [3.63, 3.8) is 0 Å². The average Bonchev–Trinajstić information content (AvgIpc) is 3.15. The summed E-state index contributed by atoms with van der Waals surface area (Å²) in [5, 5.41) is 8.43. The molecule has 0 aliphatic carbocycles. The largest absolute Gasteiger partial charge is 0.459 e. The van der Waals surface area contributed by atoms with Crippen LogP contribution in [0.4, 0.5) is 0 Å². The highest BCUT2D eigenvalue weighted by Gasteiger charge is 2.18. The minimum absolute atomic E-state index is 0.211. The zero-order valence-electron chi connectivity index (χ0n) is 13.3. The molecule has 3 aromatic heterocycles. The first kappa shape index (κ1) is 14.4. The molecule has 0 aliphatic heterocycles. The molecule has 120 valence electrons. The van der Waals surface area contributed by atoms with E-state index in [0.717, 1.165) is 11.0 Å². The molecule has 0 unspecified atom stereocenters. The van der Waals surface area contributed by atoms with Crippen LogP contribution < -0.4 is 5.32 Å².